The standard InChI is InChI=1S/C19H28N4O/c1-15-7-10-22(11-8-15)19(20)21-13-16-4-2-5-17(12-16)14-23-9-3-6-18(23)24/h2,4-5,12,15H,3,6-11,13-14H2,1H3,(H2,20,21). The molecule has 2 aliphatic heterocycles. The second-order valence-electron chi connectivity index (χ2n) is 7.08. The molecular formula is C19H28N4O. The third-order valence-electron chi connectivity index (χ3n) is 5.07. The number of rotatable bonds is 4. The van der Waals surface area contributed by atoms with Crippen molar-refractivity contribution in [3.63, 3.8) is 0 Å². The van der Waals surface area contributed by atoms with Gasteiger partial charge in [0.25, 0.3) is 0 Å². The molecule has 5 heteroatoms. The molecule has 1 aromatic carbocycles. The summed E-state index contributed by atoms with van der Waals surface area (Å²) in [6.45, 7) is 6.49. The lowest BCUT2D eigenvalue weighted by molar-refractivity contribution is -0.128. The van der Waals surface area contributed by atoms with Crippen LogP contribution in [0.15, 0.2) is 29.3 Å². The fourth-order valence-electron chi connectivity index (χ4n) is 3.43. The maximum Gasteiger partial charge on any atom is 0.222 e. The van der Waals surface area contributed by atoms with Crippen LogP contribution in [0.1, 0.15) is 43.7 Å². The average Bonchev–Trinajstić information content (AvgIpc) is 2.98. The Kier molecular flexibility index (Phi) is 5.38. The van der Waals surface area contributed by atoms with Gasteiger partial charge in [-0.15, -0.1) is 0 Å². The molecule has 0 bridgehead atoms. The van der Waals surface area contributed by atoms with Gasteiger partial charge >= 0.3 is 0 Å². The van der Waals surface area contributed by atoms with Crippen LogP contribution in [0.25, 0.3) is 0 Å². The van der Waals surface area contributed by atoms with Crippen molar-refractivity contribution in [1.29, 1.82) is 0 Å². The molecule has 0 aromatic heterocycles. The Morgan fingerprint density at radius 2 is 2.00 bits per heavy atom. The molecule has 0 spiro atoms. The van der Waals surface area contributed by atoms with Crippen LogP contribution in [-0.2, 0) is 17.9 Å². The van der Waals surface area contributed by atoms with Crippen LogP contribution in [0.5, 0.6) is 0 Å². The van der Waals surface area contributed by atoms with Gasteiger partial charge in [-0.05, 0) is 36.3 Å². The monoisotopic (exact) mass is 328 g/mol. The van der Waals surface area contributed by atoms with Crippen LogP contribution in [0.2, 0.25) is 0 Å². The molecule has 0 atom stereocenters. The number of benzene rings is 1. The number of aliphatic imine (C=N–C) groups is 1. The number of guanidine groups is 1. The number of hydrogen-bond acceptors (Lipinski definition) is 2. The van der Waals surface area contributed by atoms with Crippen LogP contribution in [0.4, 0.5) is 0 Å². The first-order valence-electron chi connectivity index (χ1n) is 9.02. The lowest BCUT2D eigenvalue weighted by atomic mass is 10.00. The summed E-state index contributed by atoms with van der Waals surface area (Å²) in [6, 6.07) is 8.33. The van der Waals surface area contributed by atoms with E-state index in [1.165, 1.54) is 18.4 Å². The first kappa shape index (κ1) is 16.8. The molecule has 1 aromatic rings. The molecule has 2 fully saturated rings. The molecule has 0 aliphatic carbocycles. The van der Waals surface area contributed by atoms with E-state index in [-0.39, 0.29) is 5.91 Å². The van der Waals surface area contributed by atoms with Gasteiger partial charge < -0.3 is 15.5 Å². The topological polar surface area (TPSA) is 61.9 Å². The van der Waals surface area contributed by atoms with Crippen molar-refractivity contribution in [3.05, 3.63) is 35.4 Å². The smallest absolute Gasteiger partial charge is 0.222 e. The van der Waals surface area contributed by atoms with Crippen molar-refractivity contribution in [2.24, 2.45) is 16.6 Å². The summed E-state index contributed by atoms with van der Waals surface area (Å²) in [5, 5.41) is 0. The molecule has 2 N–H and O–H groups in total. The summed E-state index contributed by atoms with van der Waals surface area (Å²) >= 11 is 0. The number of carbonyl (C=O) groups is 1. The van der Waals surface area contributed by atoms with E-state index in [0.29, 0.717) is 25.5 Å². The van der Waals surface area contributed by atoms with E-state index in [2.05, 4.69) is 35.0 Å². The number of hydrogen-bond donors (Lipinski definition) is 1. The van der Waals surface area contributed by atoms with Gasteiger partial charge in [0.1, 0.15) is 0 Å². The molecule has 5 nitrogen and oxygen atoms in total. The summed E-state index contributed by atoms with van der Waals surface area (Å²) < 4.78 is 0. The first-order valence-corrected chi connectivity index (χ1v) is 9.02. The minimum atomic E-state index is 0.266. The van der Waals surface area contributed by atoms with E-state index in [9.17, 15) is 4.79 Å². The predicted molar refractivity (Wildman–Crippen MR) is 96.4 cm³/mol. The molecule has 1 amide bonds. The van der Waals surface area contributed by atoms with Crippen molar-refractivity contribution in [1.82, 2.24) is 9.80 Å². The number of nitrogens with two attached hydrogens (primary N) is 1. The van der Waals surface area contributed by atoms with E-state index < -0.39 is 0 Å². The van der Waals surface area contributed by atoms with Crippen LogP contribution in [0, 0.1) is 5.92 Å². The maximum absolute atomic E-state index is 11.8. The second kappa shape index (κ2) is 7.69. The van der Waals surface area contributed by atoms with Gasteiger partial charge in [-0.25, -0.2) is 4.99 Å². The molecule has 130 valence electrons. The number of carbonyl (C=O) groups excluding carboxylic acids is 1. The van der Waals surface area contributed by atoms with Gasteiger partial charge in [-0.3, -0.25) is 4.79 Å². The van der Waals surface area contributed by atoms with Crippen molar-refractivity contribution in [2.75, 3.05) is 19.6 Å². The molecule has 0 radical (unpaired) electrons. The Morgan fingerprint density at radius 1 is 1.25 bits per heavy atom. The maximum atomic E-state index is 11.8. The Labute approximate surface area is 144 Å². The van der Waals surface area contributed by atoms with Crippen molar-refractivity contribution < 1.29 is 4.79 Å². The quantitative estimate of drug-likeness (QED) is 0.682. The highest BCUT2D eigenvalue weighted by Crippen LogP contribution is 2.17. The fraction of sp³-hybridized carbons (Fsp3) is 0.579. The number of likely N-dealkylation sites (tertiary alicyclic amines) is 2. The summed E-state index contributed by atoms with van der Waals surface area (Å²) in [5.41, 5.74) is 8.47. The fourth-order valence-corrected chi connectivity index (χ4v) is 3.43. The van der Waals surface area contributed by atoms with Crippen LogP contribution < -0.4 is 5.73 Å². The molecular weight excluding hydrogens is 300 g/mol. The van der Waals surface area contributed by atoms with Crippen LogP contribution in [0.3, 0.4) is 0 Å². The van der Waals surface area contributed by atoms with E-state index in [4.69, 9.17) is 5.73 Å². The van der Waals surface area contributed by atoms with Gasteiger partial charge in [-0.1, -0.05) is 31.2 Å². The molecule has 2 heterocycles. The van der Waals surface area contributed by atoms with Crippen molar-refractivity contribution in [2.45, 2.75) is 45.7 Å². The van der Waals surface area contributed by atoms with E-state index in [0.717, 1.165) is 37.5 Å². The number of nitrogens with zero attached hydrogens (tertiary/aromatic N) is 3. The highest BCUT2D eigenvalue weighted by atomic mass is 16.2. The van der Waals surface area contributed by atoms with Gasteiger partial charge in [0.05, 0.1) is 6.54 Å². The molecule has 2 saturated heterocycles. The highest BCUT2D eigenvalue weighted by Gasteiger charge is 2.20. The summed E-state index contributed by atoms with van der Waals surface area (Å²) in [7, 11) is 0. The summed E-state index contributed by atoms with van der Waals surface area (Å²) in [5.74, 6) is 1.71. The van der Waals surface area contributed by atoms with E-state index >= 15 is 0 Å². The Balaban J connectivity index is 1.58. The number of piperidine rings is 1. The normalized spacial score (nSPS) is 20.0. The molecule has 24 heavy (non-hydrogen) atoms. The molecule has 0 saturated carbocycles. The zero-order valence-electron chi connectivity index (χ0n) is 14.6. The average molecular weight is 328 g/mol. The Bertz CT molecular complexity index is 605. The highest BCUT2D eigenvalue weighted by molar-refractivity contribution is 5.78. The summed E-state index contributed by atoms with van der Waals surface area (Å²) in [4.78, 5) is 20.5. The van der Waals surface area contributed by atoms with E-state index in [1.54, 1.807) is 0 Å². The van der Waals surface area contributed by atoms with Gasteiger partial charge in [0, 0.05) is 32.6 Å². The molecule has 2 aliphatic rings. The minimum absolute atomic E-state index is 0.266. The number of amides is 1. The zero-order valence-corrected chi connectivity index (χ0v) is 14.6. The minimum Gasteiger partial charge on any atom is -0.370 e. The Hall–Kier alpha value is -2.04. The van der Waals surface area contributed by atoms with E-state index in [1.807, 2.05) is 11.0 Å². The third-order valence-corrected chi connectivity index (χ3v) is 5.07. The first-order chi connectivity index (χ1) is 11.6. The molecule has 0 unspecified atom stereocenters. The lowest BCUT2D eigenvalue weighted by Gasteiger charge is -2.31. The Morgan fingerprint density at radius 3 is 2.71 bits per heavy atom. The predicted octanol–water partition coefficient (Wildman–Crippen LogP) is 2.36. The van der Waals surface area contributed by atoms with Crippen LogP contribution >= 0.6 is 0 Å². The lowest BCUT2D eigenvalue weighted by Crippen LogP contribution is -2.42. The largest absolute Gasteiger partial charge is 0.370 e. The van der Waals surface area contributed by atoms with Crippen LogP contribution in [-0.4, -0.2) is 41.3 Å². The second-order valence-corrected chi connectivity index (χ2v) is 7.08. The van der Waals surface area contributed by atoms with Crippen molar-refractivity contribution >= 4 is 11.9 Å². The van der Waals surface area contributed by atoms with Gasteiger partial charge in [-0.2, -0.15) is 0 Å². The third kappa shape index (κ3) is 4.28. The van der Waals surface area contributed by atoms with Gasteiger partial charge in [0.2, 0.25) is 5.91 Å². The van der Waals surface area contributed by atoms with Crippen molar-refractivity contribution in [3.8, 4) is 0 Å². The molecule has 3 rings (SSSR count). The SMILES string of the molecule is CC1CCN(C(N)=NCc2cccc(CN3CCCC3=O)c2)CC1. The summed E-state index contributed by atoms with van der Waals surface area (Å²) in [6.07, 6.45) is 4.05. The van der Waals surface area contributed by atoms with Gasteiger partial charge in [0.15, 0.2) is 5.96 Å². The zero-order chi connectivity index (χ0) is 16.9.